The van der Waals surface area contributed by atoms with Gasteiger partial charge < -0.3 is 14.6 Å². The Kier molecular flexibility index (Phi) is 6.00. The Morgan fingerprint density at radius 2 is 2.47 bits per heavy atom. The van der Waals surface area contributed by atoms with Crippen LogP contribution in [0.4, 0.5) is 0 Å². The summed E-state index contributed by atoms with van der Waals surface area (Å²) >= 11 is 5.99. The predicted octanol–water partition coefficient (Wildman–Crippen LogP) is 1.96. The minimum absolute atomic E-state index is 0.0469. The van der Waals surface area contributed by atoms with Crippen LogP contribution in [0.25, 0.3) is 0 Å². The molecule has 1 rings (SSSR count). The first kappa shape index (κ1) is 14.0. The lowest BCUT2D eigenvalue weighted by molar-refractivity contribution is 0.0943. The molecule has 0 aromatic carbocycles. The molecule has 0 aliphatic rings. The Labute approximate surface area is 105 Å². The number of ether oxygens (including phenoxy) is 1. The molecule has 0 saturated carbocycles. The lowest BCUT2D eigenvalue weighted by atomic mass is 10.2. The quantitative estimate of drug-likeness (QED) is 0.761. The molecule has 0 saturated heterocycles. The van der Waals surface area contributed by atoms with Crippen LogP contribution in [-0.4, -0.2) is 30.1 Å². The molecule has 5 nitrogen and oxygen atoms in total. The zero-order valence-corrected chi connectivity index (χ0v) is 10.8. The van der Waals surface area contributed by atoms with Crippen LogP contribution in [-0.2, 0) is 11.3 Å². The molecule has 1 heterocycles. The van der Waals surface area contributed by atoms with E-state index in [0.29, 0.717) is 18.9 Å². The maximum absolute atomic E-state index is 11.6. The van der Waals surface area contributed by atoms with Gasteiger partial charge in [-0.2, -0.15) is 0 Å². The van der Waals surface area contributed by atoms with Crippen LogP contribution in [0.5, 0.6) is 0 Å². The van der Waals surface area contributed by atoms with E-state index in [1.54, 1.807) is 13.2 Å². The molecule has 1 amide bonds. The monoisotopic (exact) mass is 260 g/mol. The number of hydrogen-bond donors (Lipinski definition) is 1. The fraction of sp³-hybridized carbons (Fsp3) is 0.636. The van der Waals surface area contributed by atoms with Crippen LogP contribution < -0.4 is 5.32 Å². The standard InChI is InChI=1S/C11H17ClN2O3/c1-3-4-8(12)6-13-11(15)10-5-9(7-16-2)17-14-10/h5,8H,3-4,6-7H2,1-2H3,(H,13,15). The van der Waals surface area contributed by atoms with Crippen LogP contribution in [0.2, 0.25) is 0 Å². The van der Waals surface area contributed by atoms with E-state index in [-0.39, 0.29) is 17.0 Å². The van der Waals surface area contributed by atoms with Gasteiger partial charge >= 0.3 is 0 Å². The van der Waals surface area contributed by atoms with Gasteiger partial charge in [-0.3, -0.25) is 4.79 Å². The highest BCUT2D eigenvalue weighted by Gasteiger charge is 2.13. The first-order chi connectivity index (χ1) is 8.17. The van der Waals surface area contributed by atoms with Crippen molar-refractivity contribution in [3.05, 3.63) is 17.5 Å². The van der Waals surface area contributed by atoms with E-state index in [4.69, 9.17) is 20.9 Å². The summed E-state index contributed by atoms with van der Waals surface area (Å²) in [5.41, 5.74) is 0.248. The number of alkyl halides is 1. The summed E-state index contributed by atoms with van der Waals surface area (Å²) in [5.74, 6) is 0.242. The van der Waals surface area contributed by atoms with E-state index < -0.39 is 0 Å². The average Bonchev–Trinajstić information content (AvgIpc) is 2.75. The summed E-state index contributed by atoms with van der Waals surface area (Å²) in [6, 6.07) is 1.56. The SMILES string of the molecule is CCCC(Cl)CNC(=O)c1cc(COC)on1. The molecule has 0 fully saturated rings. The molecule has 1 aromatic heterocycles. The first-order valence-corrected chi connectivity index (χ1v) is 5.97. The molecule has 0 radical (unpaired) electrons. The Morgan fingerprint density at radius 3 is 3.12 bits per heavy atom. The Morgan fingerprint density at radius 1 is 1.71 bits per heavy atom. The van der Waals surface area contributed by atoms with E-state index in [0.717, 1.165) is 12.8 Å². The molecule has 1 unspecified atom stereocenters. The van der Waals surface area contributed by atoms with Crippen molar-refractivity contribution in [2.75, 3.05) is 13.7 Å². The number of amides is 1. The van der Waals surface area contributed by atoms with E-state index in [9.17, 15) is 4.79 Å². The number of rotatable bonds is 7. The van der Waals surface area contributed by atoms with Gasteiger partial charge in [0.1, 0.15) is 6.61 Å². The van der Waals surface area contributed by atoms with Crippen molar-refractivity contribution in [2.45, 2.75) is 31.7 Å². The second-order valence-electron chi connectivity index (χ2n) is 3.71. The van der Waals surface area contributed by atoms with Crippen molar-refractivity contribution >= 4 is 17.5 Å². The Bertz CT molecular complexity index is 354. The van der Waals surface area contributed by atoms with Crippen molar-refractivity contribution in [3.8, 4) is 0 Å². The van der Waals surface area contributed by atoms with Gasteiger partial charge in [-0.25, -0.2) is 0 Å². The minimum atomic E-state index is -0.280. The summed E-state index contributed by atoms with van der Waals surface area (Å²) in [6.07, 6.45) is 1.86. The molecule has 0 aliphatic heterocycles. The lowest BCUT2D eigenvalue weighted by Crippen LogP contribution is -2.29. The van der Waals surface area contributed by atoms with Gasteiger partial charge in [-0.15, -0.1) is 11.6 Å². The second kappa shape index (κ2) is 7.29. The molecule has 0 aliphatic carbocycles. The molecule has 0 spiro atoms. The van der Waals surface area contributed by atoms with Crippen molar-refractivity contribution in [3.63, 3.8) is 0 Å². The smallest absolute Gasteiger partial charge is 0.273 e. The normalized spacial score (nSPS) is 12.4. The third kappa shape index (κ3) is 4.75. The van der Waals surface area contributed by atoms with Crippen LogP contribution >= 0.6 is 11.6 Å². The number of nitrogens with one attached hydrogen (secondary N) is 1. The minimum Gasteiger partial charge on any atom is -0.377 e. The number of halogens is 1. The summed E-state index contributed by atoms with van der Waals surface area (Å²) in [5, 5.41) is 6.31. The second-order valence-corrected chi connectivity index (χ2v) is 4.32. The molecule has 0 bridgehead atoms. The van der Waals surface area contributed by atoms with E-state index in [1.165, 1.54) is 0 Å². The first-order valence-electron chi connectivity index (χ1n) is 5.54. The maximum atomic E-state index is 11.6. The van der Waals surface area contributed by atoms with Gasteiger partial charge in [0, 0.05) is 19.7 Å². The zero-order valence-electron chi connectivity index (χ0n) is 10.0. The highest BCUT2D eigenvalue weighted by molar-refractivity contribution is 6.20. The highest BCUT2D eigenvalue weighted by atomic mass is 35.5. The van der Waals surface area contributed by atoms with Crippen molar-refractivity contribution in [1.29, 1.82) is 0 Å². The van der Waals surface area contributed by atoms with Crippen LogP contribution in [0.1, 0.15) is 36.0 Å². The van der Waals surface area contributed by atoms with E-state index >= 15 is 0 Å². The Hall–Kier alpha value is -1.07. The third-order valence-corrected chi connectivity index (χ3v) is 2.54. The molecule has 6 heteroatoms. The highest BCUT2D eigenvalue weighted by Crippen LogP contribution is 2.06. The number of methoxy groups -OCH3 is 1. The topological polar surface area (TPSA) is 64.4 Å². The fourth-order valence-electron chi connectivity index (χ4n) is 1.34. The van der Waals surface area contributed by atoms with Crippen LogP contribution in [0, 0.1) is 0 Å². The maximum Gasteiger partial charge on any atom is 0.273 e. The van der Waals surface area contributed by atoms with Gasteiger partial charge in [-0.05, 0) is 6.42 Å². The number of carbonyl (C=O) groups is 1. The largest absolute Gasteiger partial charge is 0.377 e. The molecule has 17 heavy (non-hydrogen) atoms. The lowest BCUT2D eigenvalue weighted by Gasteiger charge is -2.07. The number of carbonyl (C=O) groups excluding carboxylic acids is 1. The predicted molar refractivity (Wildman–Crippen MR) is 64.1 cm³/mol. The van der Waals surface area contributed by atoms with Gasteiger partial charge in [-0.1, -0.05) is 18.5 Å². The van der Waals surface area contributed by atoms with Gasteiger partial charge in [0.05, 0.1) is 5.38 Å². The van der Waals surface area contributed by atoms with Crippen molar-refractivity contribution in [2.24, 2.45) is 0 Å². The molecular formula is C11H17ClN2O3. The van der Waals surface area contributed by atoms with Crippen LogP contribution in [0.15, 0.2) is 10.6 Å². The summed E-state index contributed by atoms with van der Waals surface area (Å²) in [7, 11) is 1.55. The average molecular weight is 261 g/mol. The Balaban J connectivity index is 2.40. The molecule has 96 valence electrons. The summed E-state index contributed by atoms with van der Waals surface area (Å²) in [4.78, 5) is 11.6. The summed E-state index contributed by atoms with van der Waals surface area (Å²) in [6.45, 7) is 2.78. The molecule has 1 atom stereocenters. The number of nitrogens with zero attached hydrogens (tertiary/aromatic N) is 1. The number of hydrogen-bond acceptors (Lipinski definition) is 4. The third-order valence-electron chi connectivity index (χ3n) is 2.16. The zero-order chi connectivity index (χ0) is 12.7. The van der Waals surface area contributed by atoms with Crippen molar-refractivity contribution < 1.29 is 14.1 Å². The molecule has 1 N–H and O–H groups in total. The molecule has 1 aromatic rings. The summed E-state index contributed by atoms with van der Waals surface area (Å²) < 4.78 is 9.78. The fourth-order valence-corrected chi connectivity index (χ4v) is 1.63. The van der Waals surface area contributed by atoms with E-state index in [2.05, 4.69) is 10.5 Å². The van der Waals surface area contributed by atoms with Gasteiger partial charge in [0.15, 0.2) is 11.5 Å². The molecular weight excluding hydrogens is 244 g/mol. The van der Waals surface area contributed by atoms with Gasteiger partial charge in [0.2, 0.25) is 0 Å². The van der Waals surface area contributed by atoms with Gasteiger partial charge in [0.25, 0.3) is 5.91 Å². The van der Waals surface area contributed by atoms with E-state index in [1.807, 2.05) is 6.92 Å². The van der Waals surface area contributed by atoms with Crippen molar-refractivity contribution in [1.82, 2.24) is 10.5 Å². The number of aromatic nitrogens is 1. The van der Waals surface area contributed by atoms with Crippen LogP contribution in [0.3, 0.4) is 0 Å².